The van der Waals surface area contributed by atoms with E-state index < -0.39 is 5.97 Å². The molecule has 0 spiro atoms. The molecule has 6 nitrogen and oxygen atoms in total. The molecule has 1 aromatic heterocycles. The number of nitrogens with one attached hydrogen (secondary N) is 2. The molecule has 1 aromatic rings. The van der Waals surface area contributed by atoms with Gasteiger partial charge in [-0.3, -0.25) is 9.59 Å². The molecule has 0 unspecified atom stereocenters. The molecule has 1 heterocycles. The fraction of sp³-hybridized carbons (Fsp3) is 0.375. The van der Waals surface area contributed by atoms with Crippen LogP contribution in [0.4, 0.5) is 5.82 Å². The van der Waals surface area contributed by atoms with Crippen LogP contribution in [0.3, 0.4) is 0 Å². The number of H-pyrrole nitrogens is 1. The van der Waals surface area contributed by atoms with Gasteiger partial charge in [0, 0.05) is 12.5 Å². The second-order valence-electron chi connectivity index (χ2n) is 2.68. The van der Waals surface area contributed by atoms with Crippen LogP contribution in [0.2, 0.25) is 0 Å². The molecule has 0 aliphatic carbocycles. The summed E-state index contributed by atoms with van der Waals surface area (Å²) >= 11 is 0. The minimum Gasteiger partial charge on any atom is -0.480 e. The number of hydrogen-bond donors (Lipinski definition) is 3. The number of aryl methyl sites for hydroxylation is 1. The Bertz CT molecular complexity index is 386. The molecule has 0 fully saturated rings. The Morgan fingerprint density at radius 2 is 2.43 bits per heavy atom. The van der Waals surface area contributed by atoms with Crippen LogP contribution in [0.15, 0.2) is 10.9 Å². The van der Waals surface area contributed by atoms with Gasteiger partial charge in [-0.05, 0) is 0 Å². The van der Waals surface area contributed by atoms with Crippen molar-refractivity contribution in [1.82, 2.24) is 9.97 Å². The molecule has 6 heteroatoms. The zero-order chi connectivity index (χ0) is 10.6. The first-order valence-corrected chi connectivity index (χ1v) is 4.17. The van der Waals surface area contributed by atoms with Gasteiger partial charge in [0.2, 0.25) is 0 Å². The molecule has 14 heavy (non-hydrogen) atoms. The van der Waals surface area contributed by atoms with Crippen molar-refractivity contribution in [3.8, 4) is 0 Å². The van der Waals surface area contributed by atoms with Crippen LogP contribution >= 0.6 is 0 Å². The predicted molar refractivity (Wildman–Crippen MR) is 50.4 cm³/mol. The highest BCUT2D eigenvalue weighted by molar-refractivity contribution is 5.72. The van der Waals surface area contributed by atoms with Crippen molar-refractivity contribution in [2.24, 2.45) is 0 Å². The van der Waals surface area contributed by atoms with E-state index in [1.165, 1.54) is 6.07 Å². The monoisotopic (exact) mass is 197 g/mol. The number of aromatic nitrogens is 2. The first-order valence-electron chi connectivity index (χ1n) is 4.17. The molecular weight excluding hydrogens is 186 g/mol. The number of carbonyl (C=O) groups is 1. The van der Waals surface area contributed by atoms with Gasteiger partial charge >= 0.3 is 5.97 Å². The predicted octanol–water partition coefficient (Wildman–Crippen LogP) is -0.171. The summed E-state index contributed by atoms with van der Waals surface area (Å²) in [7, 11) is 0. The van der Waals surface area contributed by atoms with Crippen LogP contribution < -0.4 is 10.9 Å². The number of nitrogens with zero attached hydrogens (tertiary/aromatic N) is 1. The number of anilines is 1. The average molecular weight is 197 g/mol. The minimum atomic E-state index is -0.995. The summed E-state index contributed by atoms with van der Waals surface area (Å²) in [5, 5.41) is 10.9. The van der Waals surface area contributed by atoms with Crippen molar-refractivity contribution in [3.05, 3.63) is 22.2 Å². The van der Waals surface area contributed by atoms with Crippen LogP contribution in [0, 0.1) is 0 Å². The molecule has 0 aliphatic heterocycles. The molecule has 3 N–H and O–H groups in total. The van der Waals surface area contributed by atoms with Crippen molar-refractivity contribution < 1.29 is 9.90 Å². The zero-order valence-electron chi connectivity index (χ0n) is 7.70. The Labute approximate surface area is 80.0 Å². The summed E-state index contributed by atoms with van der Waals surface area (Å²) in [4.78, 5) is 27.8. The molecule has 0 atom stereocenters. The maximum Gasteiger partial charge on any atom is 0.322 e. The van der Waals surface area contributed by atoms with Crippen molar-refractivity contribution in [1.29, 1.82) is 0 Å². The first kappa shape index (κ1) is 10.2. The summed E-state index contributed by atoms with van der Waals surface area (Å²) in [6, 6.07) is 1.22. The highest BCUT2D eigenvalue weighted by Gasteiger charge is 2.01. The van der Waals surface area contributed by atoms with Gasteiger partial charge < -0.3 is 15.4 Å². The van der Waals surface area contributed by atoms with Crippen molar-refractivity contribution in [3.63, 3.8) is 0 Å². The van der Waals surface area contributed by atoms with Gasteiger partial charge in [0.25, 0.3) is 5.56 Å². The minimum absolute atomic E-state index is 0.250. The van der Waals surface area contributed by atoms with Gasteiger partial charge in [-0.1, -0.05) is 6.92 Å². The Morgan fingerprint density at radius 1 is 1.71 bits per heavy atom. The molecule has 0 saturated carbocycles. The molecule has 1 rings (SSSR count). The van der Waals surface area contributed by atoms with E-state index in [2.05, 4.69) is 15.3 Å². The topological polar surface area (TPSA) is 95.1 Å². The Balaban J connectivity index is 2.81. The van der Waals surface area contributed by atoms with Gasteiger partial charge in [0.1, 0.15) is 18.2 Å². The van der Waals surface area contributed by atoms with Crippen LogP contribution in [0.5, 0.6) is 0 Å². The molecule has 0 aliphatic rings. The summed E-state index contributed by atoms with van der Waals surface area (Å²) in [5.41, 5.74) is -0.287. The van der Waals surface area contributed by atoms with E-state index in [1.54, 1.807) is 0 Å². The molecule has 0 radical (unpaired) electrons. The molecule has 0 bridgehead atoms. The lowest BCUT2D eigenvalue weighted by atomic mass is 10.4. The van der Waals surface area contributed by atoms with E-state index >= 15 is 0 Å². The number of hydrogen-bond acceptors (Lipinski definition) is 4. The van der Waals surface area contributed by atoms with E-state index in [0.29, 0.717) is 12.2 Å². The lowest BCUT2D eigenvalue weighted by Crippen LogP contribution is -2.17. The van der Waals surface area contributed by atoms with E-state index in [1.807, 2.05) is 6.92 Å². The number of carboxylic acids is 1. The summed E-state index contributed by atoms with van der Waals surface area (Å²) in [6.45, 7) is 1.60. The van der Waals surface area contributed by atoms with Crippen molar-refractivity contribution in [2.45, 2.75) is 13.3 Å². The quantitative estimate of drug-likeness (QED) is 0.622. The van der Waals surface area contributed by atoms with Gasteiger partial charge in [0.05, 0.1) is 0 Å². The number of carboxylic acid groups (broad SMARTS) is 1. The highest BCUT2D eigenvalue weighted by atomic mass is 16.4. The molecule has 0 amide bonds. The third-order valence-electron chi connectivity index (χ3n) is 1.55. The average Bonchev–Trinajstić information content (AvgIpc) is 2.14. The van der Waals surface area contributed by atoms with Crippen molar-refractivity contribution >= 4 is 11.8 Å². The Kier molecular flexibility index (Phi) is 3.22. The maximum absolute atomic E-state index is 11.0. The van der Waals surface area contributed by atoms with E-state index in [-0.39, 0.29) is 17.9 Å². The molecule has 0 saturated heterocycles. The normalized spacial score (nSPS) is 9.79. The second-order valence-corrected chi connectivity index (χ2v) is 2.68. The highest BCUT2D eigenvalue weighted by Crippen LogP contribution is 1.98. The fourth-order valence-electron chi connectivity index (χ4n) is 0.932. The van der Waals surface area contributed by atoms with Gasteiger partial charge in [-0.15, -0.1) is 0 Å². The van der Waals surface area contributed by atoms with Gasteiger partial charge in [-0.2, -0.15) is 0 Å². The van der Waals surface area contributed by atoms with E-state index in [4.69, 9.17) is 5.11 Å². The van der Waals surface area contributed by atoms with Crippen molar-refractivity contribution in [2.75, 3.05) is 11.9 Å². The third kappa shape index (κ3) is 2.89. The number of aromatic amines is 1. The zero-order valence-corrected chi connectivity index (χ0v) is 7.70. The van der Waals surface area contributed by atoms with Crippen LogP contribution in [-0.4, -0.2) is 27.6 Å². The Morgan fingerprint density at radius 3 is 3.00 bits per heavy atom. The lowest BCUT2D eigenvalue weighted by molar-refractivity contribution is -0.134. The van der Waals surface area contributed by atoms with Crippen LogP contribution in [0.25, 0.3) is 0 Å². The largest absolute Gasteiger partial charge is 0.480 e. The number of rotatable bonds is 4. The lowest BCUT2D eigenvalue weighted by Gasteiger charge is -2.03. The maximum atomic E-state index is 11.0. The SMILES string of the molecule is CCc1nc(NCC(=O)O)cc(=O)[nH]1. The summed E-state index contributed by atoms with van der Waals surface area (Å²) in [5.74, 6) is -0.177. The van der Waals surface area contributed by atoms with Crippen LogP contribution in [-0.2, 0) is 11.2 Å². The second kappa shape index (κ2) is 4.40. The fourth-order valence-corrected chi connectivity index (χ4v) is 0.932. The van der Waals surface area contributed by atoms with Crippen LogP contribution in [0.1, 0.15) is 12.7 Å². The molecule has 76 valence electrons. The van der Waals surface area contributed by atoms with E-state index in [9.17, 15) is 9.59 Å². The molecular formula is C8H11N3O3. The smallest absolute Gasteiger partial charge is 0.322 e. The Hall–Kier alpha value is -1.85. The summed E-state index contributed by atoms with van der Waals surface area (Å²) < 4.78 is 0. The standard InChI is InChI=1S/C8H11N3O3/c1-2-5-10-6(3-7(12)11-5)9-4-8(13)14/h3H,2,4H2,1H3,(H,13,14)(H2,9,10,11,12). The first-order chi connectivity index (χ1) is 6.61. The summed E-state index contributed by atoms with van der Waals surface area (Å²) in [6.07, 6.45) is 0.595. The molecule has 0 aromatic carbocycles. The third-order valence-corrected chi connectivity index (χ3v) is 1.55. The van der Waals surface area contributed by atoms with Gasteiger partial charge in [-0.25, -0.2) is 4.98 Å². The van der Waals surface area contributed by atoms with E-state index in [0.717, 1.165) is 0 Å². The number of aliphatic carboxylic acids is 1. The van der Waals surface area contributed by atoms with Gasteiger partial charge in [0.15, 0.2) is 0 Å².